The number of pyridine rings is 1. The number of anilines is 1. The molecule has 37 heavy (non-hydrogen) atoms. The lowest BCUT2D eigenvalue weighted by molar-refractivity contribution is -0.123. The van der Waals surface area contributed by atoms with E-state index in [9.17, 15) is 17.6 Å². The number of carbonyl (C=O) groups excluding carboxylic acids is 1. The van der Waals surface area contributed by atoms with Gasteiger partial charge in [-0.3, -0.25) is 14.7 Å². The van der Waals surface area contributed by atoms with Gasteiger partial charge < -0.3 is 4.74 Å². The molecule has 1 saturated heterocycles. The molecule has 2 aromatic heterocycles. The van der Waals surface area contributed by atoms with Crippen molar-refractivity contribution in [2.24, 2.45) is 5.92 Å². The Morgan fingerprint density at radius 1 is 1.16 bits per heavy atom. The Balaban J connectivity index is 1.37. The zero-order valence-corrected chi connectivity index (χ0v) is 21.7. The van der Waals surface area contributed by atoms with Crippen LogP contribution < -0.4 is 9.64 Å². The highest BCUT2D eigenvalue weighted by Crippen LogP contribution is 2.34. The van der Waals surface area contributed by atoms with Crippen LogP contribution in [0.4, 0.5) is 9.52 Å². The van der Waals surface area contributed by atoms with Crippen molar-refractivity contribution in [1.82, 2.24) is 14.3 Å². The van der Waals surface area contributed by atoms with E-state index in [1.165, 1.54) is 27.8 Å². The standard InChI is InChI=1S/C26H25FN4O4S2/c1-35-21-6-9-23-24(15-21)36-26(29-23)31(17-18-3-2-12-28-16-18)25(32)19-10-13-30(14-11-19)37(33,34)22-7-4-20(27)5-8-22/h2-9,12,15-16,19H,10-11,13-14,17H2,1H3. The van der Waals surface area contributed by atoms with E-state index in [0.717, 1.165) is 27.9 Å². The average molecular weight is 541 g/mol. The maximum absolute atomic E-state index is 13.8. The summed E-state index contributed by atoms with van der Waals surface area (Å²) in [6.45, 7) is 0.708. The number of benzene rings is 2. The third-order valence-electron chi connectivity index (χ3n) is 6.40. The highest BCUT2D eigenvalue weighted by atomic mass is 32.2. The number of sulfonamides is 1. The molecule has 0 unspecified atom stereocenters. The minimum Gasteiger partial charge on any atom is -0.497 e. The third kappa shape index (κ3) is 5.34. The first-order chi connectivity index (χ1) is 17.8. The van der Waals surface area contributed by atoms with Crippen LogP contribution >= 0.6 is 11.3 Å². The molecule has 8 nitrogen and oxygen atoms in total. The van der Waals surface area contributed by atoms with Crippen molar-refractivity contribution >= 4 is 42.6 Å². The van der Waals surface area contributed by atoms with Crippen molar-refractivity contribution in [3.63, 3.8) is 0 Å². The van der Waals surface area contributed by atoms with Gasteiger partial charge in [0.1, 0.15) is 11.6 Å². The lowest BCUT2D eigenvalue weighted by Crippen LogP contribution is -2.44. The number of ether oxygens (including phenoxy) is 1. The predicted octanol–water partition coefficient (Wildman–Crippen LogP) is 4.47. The Bertz CT molecular complexity index is 1500. The average Bonchev–Trinajstić information content (AvgIpc) is 3.35. The fourth-order valence-electron chi connectivity index (χ4n) is 4.37. The summed E-state index contributed by atoms with van der Waals surface area (Å²) in [5, 5.41) is 0.568. The molecule has 5 rings (SSSR count). The van der Waals surface area contributed by atoms with Crippen LogP contribution in [0.3, 0.4) is 0 Å². The van der Waals surface area contributed by atoms with E-state index in [2.05, 4.69) is 4.98 Å². The summed E-state index contributed by atoms with van der Waals surface area (Å²) >= 11 is 1.41. The number of nitrogens with zero attached hydrogens (tertiary/aromatic N) is 4. The molecule has 4 aromatic rings. The minimum atomic E-state index is -3.76. The lowest BCUT2D eigenvalue weighted by Gasteiger charge is -2.33. The SMILES string of the molecule is COc1ccc2nc(N(Cc3cccnc3)C(=O)C3CCN(S(=O)(=O)c4ccc(F)cc4)CC3)sc2c1. The molecule has 0 radical (unpaired) electrons. The van der Waals surface area contributed by atoms with Crippen molar-refractivity contribution in [3.05, 3.63) is 78.4 Å². The van der Waals surface area contributed by atoms with E-state index >= 15 is 0 Å². The van der Waals surface area contributed by atoms with Crippen LogP contribution in [0.1, 0.15) is 18.4 Å². The zero-order chi connectivity index (χ0) is 26.0. The van der Waals surface area contributed by atoms with Crippen molar-refractivity contribution in [2.45, 2.75) is 24.3 Å². The number of hydrogen-bond acceptors (Lipinski definition) is 7. The molecule has 1 aliphatic heterocycles. The number of hydrogen-bond donors (Lipinski definition) is 0. The lowest BCUT2D eigenvalue weighted by atomic mass is 9.96. The Kier molecular flexibility index (Phi) is 7.18. The Morgan fingerprint density at radius 2 is 1.92 bits per heavy atom. The summed E-state index contributed by atoms with van der Waals surface area (Å²) < 4.78 is 46.9. The molecule has 0 aliphatic carbocycles. The molecular formula is C26H25FN4O4S2. The van der Waals surface area contributed by atoms with E-state index in [1.54, 1.807) is 24.4 Å². The molecule has 0 saturated carbocycles. The quantitative estimate of drug-likeness (QED) is 0.343. The topological polar surface area (TPSA) is 92.7 Å². The van der Waals surface area contributed by atoms with Crippen molar-refractivity contribution in [1.29, 1.82) is 0 Å². The van der Waals surface area contributed by atoms with Crippen molar-refractivity contribution in [2.75, 3.05) is 25.1 Å². The number of carbonyl (C=O) groups is 1. The smallest absolute Gasteiger partial charge is 0.243 e. The summed E-state index contributed by atoms with van der Waals surface area (Å²) in [6.07, 6.45) is 4.15. The zero-order valence-electron chi connectivity index (χ0n) is 20.1. The van der Waals surface area contributed by atoms with Crippen LogP contribution in [0.2, 0.25) is 0 Å². The van der Waals surface area contributed by atoms with Gasteiger partial charge >= 0.3 is 0 Å². The normalized spacial score (nSPS) is 15.1. The molecular weight excluding hydrogens is 515 g/mol. The van der Waals surface area contributed by atoms with Crippen LogP contribution in [-0.2, 0) is 21.4 Å². The van der Waals surface area contributed by atoms with Gasteiger partial charge in [0.15, 0.2) is 5.13 Å². The Morgan fingerprint density at radius 3 is 2.59 bits per heavy atom. The van der Waals surface area contributed by atoms with Crippen molar-refractivity contribution in [3.8, 4) is 5.75 Å². The number of piperidine rings is 1. The van der Waals surface area contributed by atoms with Crippen LogP contribution in [0.5, 0.6) is 5.75 Å². The first-order valence-corrected chi connectivity index (χ1v) is 14.0. The maximum atomic E-state index is 13.8. The number of methoxy groups -OCH3 is 1. The fourth-order valence-corrected chi connectivity index (χ4v) is 6.84. The molecule has 11 heteroatoms. The van der Waals surface area contributed by atoms with Gasteiger partial charge in [-0.05, 0) is 66.9 Å². The molecule has 1 amide bonds. The minimum absolute atomic E-state index is 0.0433. The van der Waals surface area contributed by atoms with Gasteiger partial charge in [0.25, 0.3) is 0 Å². The van der Waals surface area contributed by atoms with E-state index in [-0.39, 0.29) is 29.8 Å². The van der Waals surface area contributed by atoms with Crippen molar-refractivity contribution < 1.29 is 22.3 Å². The Hall–Kier alpha value is -3.41. The number of halogens is 1. The number of fused-ring (bicyclic) bond motifs is 1. The molecule has 0 bridgehead atoms. The molecule has 1 aliphatic rings. The van der Waals surface area contributed by atoms with Gasteiger partial charge in [0, 0.05) is 31.4 Å². The second-order valence-corrected chi connectivity index (χ2v) is 11.7. The van der Waals surface area contributed by atoms with Crippen LogP contribution in [0.25, 0.3) is 10.2 Å². The molecule has 0 atom stereocenters. The van der Waals surface area contributed by atoms with E-state index in [1.807, 2.05) is 30.3 Å². The Labute approximate surface area is 218 Å². The van der Waals surface area contributed by atoms with Crippen LogP contribution in [0, 0.1) is 11.7 Å². The number of rotatable bonds is 7. The monoisotopic (exact) mass is 540 g/mol. The molecule has 3 heterocycles. The molecule has 2 aromatic carbocycles. The first kappa shape index (κ1) is 25.2. The van der Waals surface area contributed by atoms with Crippen LogP contribution in [-0.4, -0.2) is 48.8 Å². The largest absolute Gasteiger partial charge is 0.497 e. The van der Waals surface area contributed by atoms with Gasteiger partial charge in [-0.25, -0.2) is 17.8 Å². The van der Waals surface area contributed by atoms with E-state index in [4.69, 9.17) is 9.72 Å². The second kappa shape index (κ2) is 10.5. The summed E-state index contributed by atoms with van der Waals surface area (Å²) in [5.41, 5.74) is 1.63. The van der Waals surface area contributed by atoms with Gasteiger partial charge in [-0.15, -0.1) is 0 Å². The van der Waals surface area contributed by atoms with E-state index in [0.29, 0.717) is 30.3 Å². The summed E-state index contributed by atoms with van der Waals surface area (Å²) in [5.74, 6) is -0.251. The molecule has 0 spiro atoms. The summed E-state index contributed by atoms with van der Waals surface area (Å²) in [6, 6.07) is 14.1. The van der Waals surface area contributed by atoms with Gasteiger partial charge in [-0.1, -0.05) is 17.4 Å². The number of thiazole rings is 1. The maximum Gasteiger partial charge on any atom is 0.243 e. The van der Waals surface area contributed by atoms with Gasteiger partial charge in [0.05, 0.1) is 28.8 Å². The first-order valence-electron chi connectivity index (χ1n) is 11.8. The highest BCUT2D eigenvalue weighted by Gasteiger charge is 2.35. The van der Waals surface area contributed by atoms with Gasteiger partial charge in [-0.2, -0.15) is 4.31 Å². The number of aromatic nitrogens is 2. The van der Waals surface area contributed by atoms with Crippen LogP contribution in [0.15, 0.2) is 71.9 Å². The summed E-state index contributed by atoms with van der Waals surface area (Å²) in [4.78, 5) is 24.4. The fraction of sp³-hybridized carbons (Fsp3) is 0.269. The summed E-state index contributed by atoms with van der Waals surface area (Å²) in [7, 11) is -2.16. The third-order valence-corrected chi connectivity index (χ3v) is 9.35. The predicted molar refractivity (Wildman–Crippen MR) is 139 cm³/mol. The highest BCUT2D eigenvalue weighted by molar-refractivity contribution is 7.89. The molecule has 1 fully saturated rings. The van der Waals surface area contributed by atoms with E-state index < -0.39 is 15.8 Å². The van der Waals surface area contributed by atoms with Gasteiger partial charge in [0.2, 0.25) is 15.9 Å². The molecule has 192 valence electrons. The second-order valence-electron chi connectivity index (χ2n) is 8.75. The molecule has 0 N–H and O–H groups in total. The number of amides is 1.